The highest BCUT2D eigenvalue weighted by Gasteiger charge is 2.62. The Labute approximate surface area is 332 Å². The van der Waals surface area contributed by atoms with Crippen LogP contribution in [0.2, 0.25) is 5.02 Å². The van der Waals surface area contributed by atoms with Gasteiger partial charge in [0.15, 0.2) is 5.13 Å². The highest BCUT2D eigenvalue weighted by atomic mass is 35.5. The Kier molecular flexibility index (Phi) is 10.5. The summed E-state index contributed by atoms with van der Waals surface area (Å²) < 4.78 is 47.4. The van der Waals surface area contributed by atoms with Crippen LogP contribution in [-0.2, 0) is 42.2 Å². The Balaban J connectivity index is 1.06. The number of nitrogens with one attached hydrogen (secondary N) is 3. The van der Waals surface area contributed by atoms with E-state index in [1.54, 1.807) is 11.4 Å². The molecule has 0 spiro atoms. The average molecular weight is 826 g/mol. The predicted octanol–water partition coefficient (Wildman–Crippen LogP) is 4.90. The van der Waals surface area contributed by atoms with Gasteiger partial charge in [-0.2, -0.15) is 0 Å². The van der Waals surface area contributed by atoms with E-state index in [0.29, 0.717) is 60.2 Å². The number of amides is 4. The zero-order chi connectivity index (χ0) is 39.2. The van der Waals surface area contributed by atoms with Crippen molar-refractivity contribution in [2.45, 2.75) is 99.9 Å². The second-order valence-electron chi connectivity index (χ2n) is 15.1. The molecule has 56 heavy (non-hydrogen) atoms. The Hall–Kier alpha value is -4.61. The number of rotatable bonds is 7. The van der Waals surface area contributed by atoms with Crippen molar-refractivity contribution in [3.05, 3.63) is 76.0 Å². The minimum Gasteiger partial charge on any atom is -0.444 e. The third-order valence-corrected chi connectivity index (χ3v) is 14.0. The standard InChI is InChI=1S/C38H41ClFN7O7S2/c39-28-9-6-7-22-18-46(20-27(22)28)37(51)54-25-15-32-33(48)44-38(35(50)45-56(52,53)26-12-13-26)16-23(38)8-4-2-1-3-5-10-30(34(49)47(32)19-25)42-36-43-31(21-55-36)29-14-11-24(40)17-41-29/h4,6-9,11,14,17,21,23,25-26,30,32H,1-3,5,10,12-13,15-16,18-20H2,(H,42,43)(H,44,48)(H,45,50)/b8-4-/t23-,25+,30-,32-,38+/m0/s1. The zero-order valence-electron chi connectivity index (χ0n) is 30.3. The number of nitrogens with zero attached hydrogens (tertiary/aromatic N) is 4. The van der Waals surface area contributed by atoms with Crippen molar-refractivity contribution < 1.29 is 36.7 Å². The maximum atomic E-state index is 14.6. The van der Waals surface area contributed by atoms with Crippen molar-refractivity contribution in [2.75, 3.05) is 11.9 Å². The summed E-state index contributed by atoms with van der Waals surface area (Å²) in [6, 6.07) is 6.29. The summed E-state index contributed by atoms with van der Waals surface area (Å²) in [5, 5.41) is 8.19. The van der Waals surface area contributed by atoms with Gasteiger partial charge in [-0.1, -0.05) is 48.7 Å². The molecule has 0 radical (unpaired) electrons. The van der Waals surface area contributed by atoms with Gasteiger partial charge in [-0.3, -0.25) is 29.0 Å². The number of pyridine rings is 1. The molecule has 3 aromatic rings. The summed E-state index contributed by atoms with van der Waals surface area (Å²) in [4.78, 5) is 67.9. The minimum atomic E-state index is -3.91. The van der Waals surface area contributed by atoms with Crippen molar-refractivity contribution in [1.82, 2.24) is 29.8 Å². The van der Waals surface area contributed by atoms with Crippen LogP contribution in [0.4, 0.5) is 14.3 Å². The number of halogens is 2. The van der Waals surface area contributed by atoms with E-state index >= 15 is 0 Å². The fourth-order valence-corrected chi connectivity index (χ4v) is 10.1. The summed E-state index contributed by atoms with van der Waals surface area (Å²) >= 11 is 7.64. The SMILES string of the molecule is O=C1N[C@]2(C(=O)NS(=O)(=O)C3CC3)C[C@@H]2/C=C\CCCCC[C@H](Nc2nc(-c3ccc(F)cn3)cs2)C(=O)N2C[C@H](OC(=O)N3Cc4cccc(Cl)c4C3)C[C@@H]12. The van der Waals surface area contributed by atoms with Crippen LogP contribution in [-0.4, -0.2) is 87.5 Å². The van der Waals surface area contributed by atoms with Crippen LogP contribution in [0.5, 0.6) is 0 Å². The lowest BCUT2D eigenvalue weighted by molar-refractivity contribution is -0.140. The third kappa shape index (κ3) is 7.98. The van der Waals surface area contributed by atoms with Crippen LogP contribution < -0.4 is 15.4 Å². The third-order valence-electron chi connectivity index (χ3n) is 11.1. The molecule has 2 saturated carbocycles. The molecule has 5 aliphatic rings. The van der Waals surface area contributed by atoms with E-state index in [1.165, 1.54) is 33.3 Å². The van der Waals surface area contributed by atoms with Gasteiger partial charge in [-0.25, -0.2) is 22.6 Å². The van der Waals surface area contributed by atoms with E-state index in [-0.39, 0.29) is 25.9 Å². The molecule has 4 amide bonds. The Bertz CT molecular complexity index is 2180. The van der Waals surface area contributed by atoms with Gasteiger partial charge in [-0.15, -0.1) is 11.3 Å². The number of anilines is 1. The number of hydrogen-bond acceptors (Lipinski definition) is 11. The number of allylic oxidation sites excluding steroid dienone is 1. The van der Waals surface area contributed by atoms with Crippen molar-refractivity contribution in [3.8, 4) is 11.4 Å². The van der Waals surface area contributed by atoms with Gasteiger partial charge >= 0.3 is 6.09 Å². The monoisotopic (exact) mass is 825 g/mol. The van der Waals surface area contributed by atoms with Gasteiger partial charge in [0, 0.05) is 29.3 Å². The number of carbonyl (C=O) groups excluding carboxylic acids is 4. The molecule has 1 saturated heterocycles. The van der Waals surface area contributed by atoms with Gasteiger partial charge in [0.2, 0.25) is 21.8 Å². The molecule has 3 aliphatic heterocycles. The van der Waals surface area contributed by atoms with Gasteiger partial charge in [0.05, 0.1) is 30.2 Å². The maximum absolute atomic E-state index is 14.6. The van der Waals surface area contributed by atoms with E-state index in [4.69, 9.17) is 16.3 Å². The first-order valence-corrected chi connectivity index (χ1v) is 21.6. The first kappa shape index (κ1) is 38.3. The van der Waals surface area contributed by atoms with Crippen LogP contribution in [0, 0.1) is 11.7 Å². The highest BCUT2D eigenvalue weighted by molar-refractivity contribution is 7.91. The Morgan fingerprint density at radius 3 is 2.68 bits per heavy atom. The fourth-order valence-electron chi connectivity index (χ4n) is 7.71. The zero-order valence-corrected chi connectivity index (χ0v) is 32.7. The van der Waals surface area contributed by atoms with Gasteiger partial charge < -0.3 is 20.3 Å². The largest absolute Gasteiger partial charge is 0.444 e. The normalized spacial score (nSPS) is 27.2. The van der Waals surface area contributed by atoms with Gasteiger partial charge in [-0.05, 0) is 67.9 Å². The second kappa shape index (κ2) is 15.4. The van der Waals surface area contributed by atoms with E-state index in [2.05, 4.69) is 25.3 Å². The number of aromatic nitrogens is 2. The minimum absolute atomic E-state index is 0.0478. The highest BCUT2D eigenvalue weighted by Crippen LogP contribution is 2.46. The fraction of sp³-hybridized carbons (Fsp3) is 0.474. The van der Waals surface area contributed by atoms with Gasteiger partial charge in [0.1, 0.15) is 35.2 Å². The van der Waals surface area contributed by atoms with Crippen LogP contribution in [0.3, 0.4) is 0 Å². The number of hydrogen-bond donors (Lipinski definition) is 3. The van der Waals surface area contributed by atoms with Crippen LogP contribution in [0.1, 0.15) is 68.9 Å². The summed E-state index contributed by atoms with van der Waals surface area (Å²) in [5.41, 5.74) is 1.16. The first-order chi connectivity index (χ1) is 26.9. The lowest BCUT2D eigenvalue weighted by atomic mass is 10.1. The van der Waals surface area contributed by atoms with Gasteiger partial charge in [0.25, 0.3) is 5.91 Å². The molecule has 5 atom stereocenters. The van der Waals surface area contributed by atoms with E-state index < -0.39 is 74.5 Å². The maximum Gasteiger partial charge on any atom is 0.410 e. The molecule has 14 nitrogen and oxygen atoms in total. The Morgan fingerprint density at radius 2 is 1.91 bits per heavy atom. The number of carbonyl (C=O) groups is 4. The van der Waals surface area contributed by atoms with E-state index in [1.807, 2.05) is 24.3 Å². The number of ether oxygens (including phenoxy) is 1. The molecule has 18 heteroatoms. The quantitative estimate of drug-likeness (QED) is 0.278. The first-order valence-electron chi connectivity index (χ1n) is 18.8. The van der Waals surface area contributed by atoms with Crippen molar-refractivity contribution >= 4 is 61.9 Å². The molecule has 3 fully saturated rings. The molecule has 2 aromatic heterocycles. The second-order valence-corrected chi connectivity index (χ2v) is 18.3. The van der Waals surface area contributed by atoms with Crippen molar-refractivity contribution in [2.24, 2.45) is 5.92 Å². The van der Waals surface area contributed by atoms with Crippen LogP contribution in [0.25, 0.3) is 11.4 Å². The molecule has 5 heterocycles. The van der Waals surface area contributed by atoms with E-state index in [9.17, 15) is 32.0 Å². The molecule has 296 valence electrons. The van der Waals surface area contributed by atoms with Crippen LogP contribution >= 0.6 is 22.9 Å². The Morgan fingerprint density at radius 1 is 1.07 bits per heavy atom. The van der Waals surface area contributed by atoms with Crippen LogP contribution in [0.15, 0.2) is 54.1 Å². The topological polar surface area (TPSA) is 180 Å². The van der Waals surface area contributed by atoms with E-state index in [0.717, 1.165) is 30.2 Å². The molecular weight excluding hydrogens is 785 g/mol. The van der Waals surface area contributed by atoms with Crippen molar-refractivity contribution in [3.63, 3.8) is 0 Å². The number of fused-ring (bicyclic) bond motifs is 3. The molecular formula is C38H41ClFN7O7S2. The number of thiazole rings is 1. The van der Waals surface area contributed by atoms with Crippen molar-refractivity contribution in [1.29, 1.82) is 0 Å². The summed E-state index contributed by atoms with van der Waals surface area (Å²) in [7, 11) is -3.91. The lowest BCUT2D eigenvalue weighted by Gasteiger charge is -2.29. The average Bonchev–Trinajstić information content (AvgIpc) is 3.97. The predicted molar refractivity (Wildman–Crippen MR) is 205 cm³/mol. The lowest BCUT2D eigenvalue weighted by Crippen LogP contribution is -2.57. The number of sulfonamides is 1. The molecule has 1 aromatic carbocycles. The molecule has 0 unspecified atom stereocenters. The summed E-state index contributed by atoms with van der Waals surface area (Å²) in [6.45, 7) is 0.446. The molecule has 3 N–H and O–H groups in total. The molecule has 8 rings (SSSR count). The number of benzene rings is 1. The molecule has 2 aliphatic carbocycles. The summed E-state index contributed by atoms with van der Waals surface area (Å²) in [5.74, 6) is -2.81. The summed E-state index contributed by atoms with van der Waals surface area (Å²) in [6.07, 6.45) is 7.85. The smallest absolute Gasteiger partial charge is 0.410 e. The molecule has 0 bridgehead atoms.